The Morgan fingerprint density at radius 2 is 0.911 bits per heavy atom. The number of hydrogen-bond donors (Lipinski definition) is 0. The van der Waals surface area contributed by atoms with Crippen LogP contribution in [0.25, 0.3) is 11.1 Å². The molecule has 216 valence electrons. The maximum atomic E-state index is 2.54. The van der Waals surface area contributed by atoms with Crippen LogP contribution in [0.1, 0.15) is 27.8 Å². The summed E-state index contributed by atoms with van der Waals surface area (Å²) in [7, 11) is 2.24. The molecule has 0 N–H and O–H groups in total. The van der Waals surface area contributed by atoms with Gasteiger partial charge >= 0.3 is 0 Å². The zero-order valence-electron chi connectivity index (χ0n) is 26.9. The smallest absolute Gasteiger partial charge is 0.252 e. The van der Waals surface area contributed by atoms with Crippen LogP contribution in [0.15, 0.2) is 115 Å². The van der Waals surface area contributed by atoms with Crippen LogP contribution < -0.4 is 31.7 Å². The van der Waals surface area contributed by atoms with Crippen molar-refractivity contribution < 1.29 is 0 Å². The summed E-state index contributed by atoms with van der Waals surface area (Å²) in [6.07, 6.45) is 0. The van der Waals surface area contributed by atoms with Gasteiger partial charge in [0.15, 0.2) is 0 Å². The molecule has 2 heterocycles. The van der Waals surface area contributed by atoms with Crippen LogP contribution in [0, 0.1) is 34.6 Å². The van der Waals surface area contributed by atoms with Gasteiger partial charge in [-0.2, -0.15) is 0 Å². The monoisotopic (exact) mass is 578 g/mol. The second kappa shape index (κ2) is 10.3. The van der Waals surface area contributed by atoms with E-state index in [9.17, 15) is 0 Å². The van der Waals surface area contributed by atoms with E-state index in [4.69, 9.17) is 0 Å². The van der Waals surface area contributed by atoms with Gasteiger partial charge in [-0.25, -0.2) is 0 Å². The number of aryl methyl sites for hydroxylation is 5. The summed E-state index contributed by atoms with van der Waals surface area (Å²) in [6.45, 7) is 11.1. The molecule has 6 aromatic carbocycles. The molecule has 0 saturated carbocycles. The Morgan fingerprint density at radius 3 is 1.51 bits per heavy atom. The predicted octanol–water partition coefficient (Wildman–Crippen LogP) is 7.24. The first-order valence-electron chi connectivity index (χ1n) is 16.0. The van der Waals surface area contributed by atoms with E-state index in [0.717, 1.165) is 0 Å². The molecule has 0 saturated heterocycles. The van der Waals surface area contributed by atoms with Gasteiger partial charge in [0.1, 0.15) is 7.85 Å². The molecular formula is C41H36B2N2. The predicted molar refractivity (Wildman–Crippen MR) is 198 cm³/mol. The Labute approximate surface area is 268 Å². The largest absolute Gasteiger partial charge is 0.311 e. The summed E-state index contributed by atoms with van der Waals surface area (Å²) >= 11 is 0. The highest BCUT2D eigenvalue weighted by Crippen LogP contribution is 2.46. The Balaban J connectivity index is 1.47. The molecule has 4 heteroatoms. The molecule has 2 aliphatic heterocycles. The Kier molecular flexibility index (Phi) is 6.32. The minimum Gasteiger partial charge on any atom is -0.311 e. The molecule has 6 aromatic rings. The van der Waals surface area contributed by atoms with Gasteiger partial charge in [0.2, 0.25) is 0 Å². The molecule has 0 bridgehead atoms. The summed E-state index contributed by atoms with van der Waals surface area (Å²) in [4.78, 5) is 5.03. The first-order chi connectivity index (χ1) is 21.8. The van der Waals surface area contributed by atoms with Crippen LogP contribution in [0.3, 0.4) is 0 Å². The fraction of sp³-hybridized carbons (Fsp3) is 0.122. The van der Waals surface area contributed by atoms with Crippen molar-refractivity contribution >= 4 is 70.5 Å². The van der Waals surface area contributed by atoms with Crippen LogP contribution in [0.2, 0.25) is 0 Å². The second-order valence-corrected chi connectivity index (χ2v) is 13.2. The number of benzene rings is 6. The lowest BCUT2D eigenvalue weighted by Gasteiger charge is -2.45. The average Bonchev–Trinajstić information content (AvgIpc) is 3.02. The van der Waals surface area contributed by atoms with E-state index < -0.39 is 0 Å². The molecular weight excluding hydrogens is 542 g/mol. The quantitative estimate of drug-likeness (QED) is 0.204. The van der Waals surface area contributed by atoms with E-state index in [-0.39, 0.29) is 6.71 Å². The normalized spacial score (nSPS) is 13.0. The number of anilines is 6. The van der Waals surface area contributed by atoms with E-state index in [1.54, 1.807) is 0 Å². The second-order valence-electron chi connectivity index (χ2n) is 13.2. The minimum atomic E-state index is 0.131. The third-order valence-corrected chi connectivity index (χ3v) is 9.57. The van der Waals surface area contributed by atoms with Gasteiger partial charge < -0.3 is 9.80 Å². The molecule has 8 rings (SSSR count). The summed E-state index contributed by atoms with van der Waals surface area (Å²) in [5.41, 5.74) is 21.6. The highest BCUT2D eigenvalue weighted by Gasteiger charge is 2.43. The van der Waals surface area contributed by atoms with Gasteiger partial charge in [-0.15, -0.1) is 0 Å². The summed E-state index contributed by atoms with van der Waals surface area (Å²) in [5, 5.41) is 0. The van der Waals surface area contributed by atoms with Crippen LogP contribution in [0.4, 0.5) is 34.1 Å². The van der Waals surface area contributed by atoms with E-state index in [1.165, 1.54) is 94.9 Å². The Bertz CT molecular complexity index is 2130. The summed E-state index contributed by atoms with van der Waals surface area (Å²) in [6, 6.07) is 43.7. The van der Waals surface area contributed by atoms with Crippen molar-refractivity contribution in [1.82, 2.24) is 0 Å². The van der Waals surface area contributed by atoms with Crippen LogP contribution in [-0.2, 0) is 0 Å². The van der Waals surface area contributed by atoms with Crippen LogP contribution >= 0.6 is 0 Å². The standard InChI is InChI=1S/C41H36B2N2/c1-25-6-13-30(14-7-25)33-20-27(3)10-17-36(33)45-38-19-12-29(5)22-35(38)43-34-21-28(4)11-18-37(34)44(32-15-8-26(2)9-16-32)39-23-31(42)24-40(45)41(39)43/h6-24H,42H2,1-5H3. The summed E-state index contributed by atoms with van der Waals surface area (Å²) < 4.78 is 0. The van der Waals surface area contributed by atoms with Crippen molar-refractivity contribution in [1.29, 1.82) is 0 Å². The highest BCUT2D eigenvalue weighted by atomic mass is 15.2. The van der Waals surface area contributed by atoms with Crippen LogP contribution in [-0.4, -0.2) is 14.6 Å². The van der Waals surface area contributed by atoms with Crippen molar-refractivity contribution in [3.05, 3.63) is 143 Å². The average molecular weight is 578 g/mol. The van der Waals surface area contributed by atoms with E-state index in [2.05, 4.69) is 168 Å². The number of nitrogens with zero attached hydrogens (tertiary/aromatic N) is 2. The molecule has 0 unspecified atom stereocenters. The fourth-order valence-corrected chi connectivity index (χ4v) is 7.42. The maximum absolute atomic E-state index is 2.54. The highest BCUT2D eigenvalue weighted by molar-refractivity contribution is 7.00. The molecule has 45 heavy (non-hydrogen) atoms. The topological polar surface area (TPSA) is 6.48 Å². The Hall–Kier alpha value is -4.95. The van der Waals surface area contributed by atoms with E-state index in [1.807, 2.05) is 0 Å². The lowest BCUT2D eigenvalue weighted by atomic mass is 9.33. The molecule has 0 fully saturated rings. The van der Waals surface area contributed by atoms with E-state index in [0.29, 0.717) is 0 Å². The molecule has 0 radical (unpaired) electrons. The van der Waals surface area contributed by atoms with Gasteiger partial charge in [-0.1, -0.05) is 100 Å². The van der Waals surface area contributed by atoms with Gasteiger partial charge in [0.05, 0.1) is 5.69 Å². The molecule has 0 aromatic heterocycles. The fourth-order valence-electron chi connectivity index (χ4n) is 7.42. The number of hydrogen-bond acceptors (Lipinski definition) is 2. The Morgan fingerprint density at radius 1 is 0.444 bits per heavy atom. The molecule has 0 atom stereocenters. The number of rotatable bonds is 3. The van der Waals surface area contributed by atoms with Crippen molar-refractivity contribution in [2.45, 2.75) is 34.6 Å². The SMILES string of the molecule is Bc1cc2c3c(c1)N(c1ccc(C)cc1-c1ccc(C)cc1)c1ccc(C)cc1B3c1cc(C)ccc1N2c1ccc(C)cc1. The lowest BCUT2D eigenvalue weighted by molar-refractivity contribution is 1.24. The van der Waals surface area contributed by atoms with Gasteiger partial charge in [0.25, 0.3) is 6.71 Å². The molecule has 0 spiro atoms. The van der Waals surface area contributed by atoms with E-state index >= 15 is 0 Å². The van der Waals surface area contributed by atoms with Crippen molar-refractivity contribution in [2.75, 3.05) is 9.80 Å². The summed E-state index contributed by atoms with van der Waals surface area (Å²) in [5.74, 6) is 0. The zero-order valence-corrected chi connectivity index (χ0v) is 26.9. The molecule has 2 aliphatic rings. The van der Waals surface area contributed by atoms with Crippen molar-refractivity contribution in [2.24, 2.45) is 0 Å². The molecule has 0 amide bonds. The minimum absolute atomic E-state index is 0.131. The molecule has 0 aliphatic carbocycles. The third-order valence-electron chi connectivity index (χ3n) is 9.57. The first-order valence-corrected chi connectivity index (χ1v) is 16.0. The van der Waals surface area contributed by atoms with Crippen molar-refractivity contribution in [3.63, 3.8) is 0 Å². The van der Waals surface area contributed by atoms with Gasteiger partial charge in [-0.3, -0.25) is 0 Å². The third kappa shape index (κ3) is 4.43. The van der Waals surface area contributed by atoms with Gasteiger partial charge in [-0.05, 0) is 105 Å². The zero-order chi connectivity index (χ0) is 31.0. The maximum Gasteiger partial charge on any atom is 0.252 e. The van der Waals surface area contributed by atoms with Crippen LogP contribution in [0.5, 0.6) is 0 Å². The van der Waals surface area contributed by atoms with Gasteiger partial charge in [0, 0.05) is 34.0 Å². The number of fused-ring (bicyclic) bond motifs is 4. The van der Waals surface area contributed by atoms with Crippen molar-refractivity contribution in [3.8, 4) is 11.1 Å². The lowest BCUT2D eigenvalue weighted by Crippen LogP contribution is -2.61. The molecule has 2 nitrogen and oxygen atoms in total. The first kappa shape index (κ1) is 27.6.